The van der Waals surface area contributed by atoms with Gasteiger partial charge >= 0.3 is 0 Å². The van der Waals surface area contributed by atoms with Crippen molar-refractivity contribution < 1.29 is 14.3 Å². The van der Waals surface area contributed by atoms with Gasteiger partial charge in [0.05, 0.1) is 18.4 Å². The van der Waals surface area contributed by atoms with Crippen LogP contribution in [0.1, 0.15) is 33.9 Å². The van der Waals surface area contributed by atoms with Crippen LogP contribution in [-0.4, -0.2) is 14.7 Å². The van der Waals surface area contributed by atoms with Gasteiger partial charge in [0.15, 0.2) is 0 Å². The largest absolute Gasteiger partial charge is 0.508 e. The average Bonchev–Trinajstić information content (AvgIpc) is 3.22. The topological polar surface area (TPSA) is 84.3 Å². The van der Waals surface area contributed by atoms with Crippen LogP contribution in [0.2, 0.25) is 0 Å². The lowest BCUT2D eigenvalue weighted by atomic mass is 9.83. The Balaban J connectivity index is 1.71. The maximum absolute atomic E-state index is 9.92. The van der Waals surface area contributed by atoms with E-state index < -0.39 is 0 Å². The van der Waals surface area contributed by atoms with Crippen molar-refractivity contribution in [2.24, 2.45) is 0 Å². The Morgan fingerprint density at radius 2 is 1.97 bits per heavy atom. The molecule has 3 heterocycles. The summed E-state index contributed by atoms with van der Waals surface area (Å²) in [5.74, 6) is 1.59. The van der Waals surface area contributed by atoms with Crippen molar-refractivity contribution in [3.8, 4) is 17.4 Å². The molecule has 1 aliphatic heterocycles. The van der Waals surface area contributed by atoms with E-state index >= 15 is 0 Å². The van der Waals surface area contributed by atoms with Crippen LogP contribution in [0.3, 0.4) is 0 Å². The van der Waals surface area contributed by atoms with Crippen LogP contribution in [0.15, 0.2) is 71.6 Å². The van der Waals surface area contributed by atoms with Gasteiger partial charge in [0.25, 0.3) is 0 Å². The van der Waals surface area contributed by atoms with Gasteiger partial charge in [0, 0.05) is 17.5 Å². The molecule has 0 radical (unpaired) electrons. The van der Waals surface area contributed by atoms with E-state index in [4.69, 9.17) is 14.6 Å². The Kier molecular flexibility index (Phi) is 3.98. The van der Waals surface area contributed by atoms with Crippen molar-refractivity contribution in [3.05, 3.63) is 101 Å². The molecule has 0 saturated carbocycles. The van der Waals surface area contributed by atoms with Gasteiger partial charge in [-0.25, -0.2) is 4.98 Å². The second kappa shape index (κ2) is 6.67. The van der Waals surface area contributed by atoms with Gasteiger partial charge in [0.1, 0.15) is 29.1 Å². The van der Waals surface area contributed by atoms with Gasteiger partial charge in [-0.2, -0.15) is 0 Å². The number of ether oxygens (including phenoxy) is 1. The number of aromatic nitrogens is 2. The molecule has 1 atom stereocenters. The molecule has 4 aromatic rings. The number of hydrogen-bond donors (Lipinski definition) is 2. The van der Waals surface area contributed by atoms with Gasteiger partial charge in [0.2, 0.25) is 5.88 Å². The van der Waals surface area contributed by atoms with Crippen molar-refractivity contribution in [1.29, 1.82) is 5.41 Å². The molecule has 6 heteroatoms. The highest BCUT2D eigenvalue weighted by molar-refractivity contribution is 5.57. The number of aromatic hydroxyl groups is 1. The van der Waals surface area contributed by atoms with E-state index in [9.17, 15) is 5.11 Å². The zero-order valence-corrected chi connectivity index (χ0v) is 15.8. The fourth-order valence-electron chi connectivity index (χ4n) is 3.75. The minimum absolute atomic E-state index is 0.129. The number of hydrogen-bond acceptors (Lipinski definition) is 5. The molecule has 1 aliphatic rings. The molecular formula is C23H19N3O3. The first kappa shape index (κ1) is 17.3. The number of fused-ring (bicyclic) bond motifs is 2. The first-order chi connectivity index (χ1) is 14.1. The standard InChI is InChI=1S/C23H19N3O3/c1-14-4-6-15(7-5-14)20-18-9-8-16(27)11-19(18)29-23-21(20)22(24)26(13-25-23)12-17-3-2-10-28-17/h2-11,13,20,24,27H,12H2,1H3. The molecule has 0 amide bonds. The molecule has 0 fully saturated rings. The van der Waals surface area contributed by atoms with E-state index in [0.29, 0.717) is 29.2 Å². The summed E-state index contributed by atoms with van der Waals surface area (Å²) >= 11 is 0. The summed E-state index contributed by atoms with van der Waals surface area (Å²) in [6, 6.07) is 17.0. The van der Waals surface area contributed by atoms with Gasteiger partial charge in [-0.15, -0.1) is 0 Å². The summed E-state index contributed by atoms with van der Waals surface area (Å²) in [7, 11) is 0. The first-order valence-electron chi connectivity index (χ1n) is 9.34. The maximum atomic E-state index is 9.92. The first-order valence-corrected chi connectivity index (χ1v) is 9.34. The van der Waals surface area contributed by atoms with E-state index in [1.165, 1.54) is 0 Å². The van der Waals surface area contributed by atoms with Crippen molar-refractivity contribution in [3.63, 3.8) is 0 Å². The molecule has 1 unspecified atom stereocenters. The molecule has 0 saturated heterocycles. The molecule has 2 aromatic carbocycles. The number of aryl methyl sites for hydroxylation is 1. The van der Waals surface area contributed by atoms with Gasteiger partial charge in [-0.1, -0.05) is 35.9 Å². The van der Waals surface area contributed by atoms with Gasteiger partial charge < -0.3 is 18.8 Å². The third-order valence-electron chi connectivity index (χ3n) is 5.21. The van der Waals surface area contributed by atoms with Crippen LogP contribution in [0.25, 0.3) is 0 Å². The lowest BCUT2D eigenvalue weighted by Gasteiger charge is -2.28. The Labute approximate surface area is 167 Å². The predicted octanol–water partition coefficient (Wildman–Crippen LogP) is 4.30. The number of phenols is 1. The highest BCUT2D eigenvalue weighted by Gasteiger charge is 2.32. The highest BCUT2D eigenvalue weighted by Crippen LogP contribution is 2.45. The molecule has 2 N–H and O–H groups in total. The molecule has 0 aliphatic carbocycles. The number of phenolic OH excluding ortho intramolecular Hbond substituents is 1. The van der Waals surface area contributed by atoms with Crippen LogP contribution in [-0.2, 0) is 6.54 Å². The lowest BCUT2D eigenvalue weighted by Crippen LogP contribution is -2.30. The molecule has 6 nitrogen and oxygen atoms in total. The fraction of sp³-hybridized carbons (Fsp3) is 0.130. The molecule has 2 aromatic heterocycles. The minimum atomic E-state index is -0.223. The number of nitrogens with zero attached hydrogens (tertiary/aromatic N) is 2. The number of benzene rings is 2. The van der Waals surface area contributed by atoms with E-state index in [0.717, 1.165) is 22.5 Å². The zero-order valence-electron chi connectivity index (χ0n) is 15.8. The highest BCUT2D eigenvalue weighted by atomic mass is 16.5. The van der Waals surface area contributed by atoms with Crippen LogP contribution in [0.4, 0.5) is 0 Å². The maximum Gasteiger partial charge on any atom is 0.228 e. The summed E-state index contributed by atoms with van der Waals surface area (Å²) in [4.78, 5) is 4.48. The molecule has 29 heavy (non-hydrogen) atoms. The van der Waals surface area contributed by atoms with E-state index in [-0.39, 0.29) is 11.7 Å². The summed E-state index contributed by atoms with van der Waals surface area (Å²) in [6.45, 7) is 2.46. The normalized spacial score (nSPS) is 14.7. The summed E-state index contributed by atoms with van der Waals surface area (Å²) in [6.07, 6.45) is 3.20. The molecule has 5 rings (SSSR count). The van der Waals surface area contributed by atoms with Crippen molar-refractivity contribution >= 4 is 0 Å². The molecule has 0 spiro atoms. The quantitative estimate of drug-likeness (QED) is 0.485. The smallest absolute Gasteiger partial charge is 0.228 e. The second-order valence-electron chi connectivity index (χ2n) is 7.19. The third kappa shape index (κ3) is 2.99. The van der Waals surface area contributed by atoms with Crippen molar-refractivity contribution in [2.75, 3.05) is 0 Å². The number of nitrogens with one attached hydrogen (secondary N) is 1. The van der Waals surface area contributed by atoms with Crippen molar-refractivity contribution in [2.45, 2.75) is 19.4 Å². The van der Waals surface area contributed by atoms with Crippen LogP contribution >= 0.6 is 0 Å². The van der Waals surface area contributed by atoms with Gasteiger partial charge in [-0.3, -0.25) is 5.41 Å². The second-order valence-corrected chi connectivity index (χ2v) is 7.19. The Morgan fingerprint density at radius 3 is 2.72 bits per heavy atom. The molecule has 0 bridgehead atoms. The molecular weight excluding hydrogens is 366 g/mol. The van der Waals surface area contributed by atoms with E-state index in [1.807, 2.05) is 25.1 Å². The summed E-state index contributed by atoms with van der Waals surface area (Å²) in [5, 5.41) is 18.8. The van der Waals surface area contributed by atoms with Crippen LogP contribution < -0.4 is 10.2 Å². The Bertz CT molecular complexity index is 1240. The van der Waals surface area contributed by atoms with Gasteiger partial charge in [-0.05, 0) is 30.7 Å². The van der Waals surface area contributed by atoms with E-state index in [2.05, 4.69) is 29.2 Å². The zero-order chi connectivity index (χ0) is 20.0. The lowest BCUT2D eigenvalue weighted by molar-refractivity contribution is 0.411. The van der Waals surface area contributed by atoms with E-state index in [1.54, 1.807) is 29.3 Å². The van der Waals surface area contributed by atoms with Crippen LogP contribution in [0.5, 0.6) is 17.4 Å². The summed E-state index contributed by atoms with van der Waals surface area (Å²) < 4.78 is 13.2. The predicted molar refractivity (Wildman–Crippen MR) is 106 cm³/mol. The SMILES string of the molecule is Cc1ccc(C2c3ccc(O)cc3Oc3ncn(Cc4ccco4)c(=N)c32)cc1. The van der Waals surface area contributed by atoms with Crippen LogP contribution in [0, 0.1) is 12.3 Å². The molecule has 144 valence electrons. The number of rotatable bonds is 3. The summed E-state index contributed by atoms with van der Waals surface area (Å²) in [5.41, 5.74) is 4.11. The van der Waals surface area contributed by atoms with Crippen molar-refractivity contribution in [1.82, 2.24) is 9.55 Å². The third-order valence-corrected chi connectivity index (χ3v) is 5.21. The minimum Gasteiger partial charge on any atom is -0.508 e. The average molecular weight is 385 g/mol. The Hall–Kier alpha value is -3.80. The fourth-order valence-corrected chi connectivity index (χ4v) is 3.75. The number of furan rings is 1. The monoisotopic (exact) mass is 385 g/mol. The Morgan fingerprint density at radius 1 is 1.14 bits per heavy atom.